The van der Waals surface area contributed by atoms with E-state index < -0.39 is 0 Å². The third kappa shape index (κ3) is 8.45. The molecule has 0 spiro atoms. The molecule has 6 nitrogen and oxygen atoms in total. The first-order valence-electron chi connectivity index (χ1n) is 10.7. The summed E-state index contributed by atoms with van der Waals surface area (Å²) in [5.41, 5.74) is 1.48. The standard InChI is InChI=1S/C24H32N2O4S/c1-4-6-14-29-20-11-9-19(10-12-20)23(27)26-24(31)25-17-18-8-13-21(22(16-18)28-3)30-15-7-5-2/h8-13,16H,4-7,14-15,17H2,1-3H3,(H2,25,26,27,31). The van der Waals surface area contributed by atoms with Gasteiger partial charge in [0.05, 0.1) is 20.3 Å². The molecule has 0 aliphatic carbocycles. The quantitative estimate of drug-likeness (QED) is 0.360. The van der Waals surface area contributed by atoms with E-state index in [1.54, 1.807) is 31.4 Å². The predicted molar refractivity (Wildman–Crippen MR) is 127 cm³/mol. The Morgan fingerprint density at radius 2 is 1.61 bits per heavy atom. The van der Waals surface area contributed by atoms with E-state index in [1.807, 2.05) is 18.2 Å². The number of rotatable bonds is 12. The van der Waals surface area contributed by atoms with Crippen molar-refractivity contribution in [3.05, 3.63) is 53.6 Å². The molecule has 0 saturated heterocycles. The lowest BCUT2D eigenvalue weighted by Gasteiger charge is -2.13. The van der Waals surface area contributed by atoms with Crippen molar-refractivity contribution in [3.8, 4) is 17.2 Å². The van der Waals surface area contributed by atoms with E-state index in [4.69, 9.17) is 26.4 Å². The molecule has 0 aliphatic rings. The van der Waals surface area contributed by atoms with Gasteiger partial charge in [0.25, 0.3) is 5.91 Å². The number of benzene rings is 2. The summed E-state index contributed by atoms with van der Waals surface area (Å²) in [6.45, 7) is 6.02. The van der Waals surface area contributed by atoms with Crippen molar-refractivity contribution >= 4 is 23.2 Å². The van der Waals surface area contributed by atoms with Gasteiger partial charge in [-0.15, -0.1) is 0 Å². The molecule has 2 rings (SSSR count). The highest BCUT2D eigenvalue weighted by Crippen LogP contribution is 2.28. The van der Waals surface area contributed by atoms with E-state index in [1.165, 1.54) is 0 Å². The summed E-state index contributed by atoms with van der Waals surface area (Å²) < 4.78 is 16.8. The maximum Gasteiger partial charge on any atom is 0.257 e. The molecule has 1 amide bonds. The van der Waals surface area contributed by atoms with Gasteiger partial charge in [-0.1, -0.05) is 32.8 Å². The monoisotopic (exact) mass is 444 g/mol. The molecule has 0 aliphatic heterocycles. The van der Waals surface area contributed by atoms with Crippen LogP contribution in [0.15, 0.2) is 42.5 Å². The third-order valence-electron chi connectivity index (χ3n) is 4.55. The van der Waals surface area contributed by atoms with Gasteiger partial charge in [-0.25, -0.2) is 0 Å². The molecule has 168 valence electrons. The van der Waals surface area contributed by atoms with Gasteiger partial charge in [0.1, 0.15) is 5.75 Å². The fraction of sp³-hybridized carbons (Fsp3) is 0.417. The van der Waals surface area contributed by atoms with Crippen LogP contribution in [0.4, 0.5) is 0 Å². The van der Waals surface area contributed by atoms with Gasteiger partial charge >= 0.3 is 0 Å². The Labute approximate surface area is 190 Å². The average Bonchev–Trinajstić information content (AvgIpc) is 2.79. The zero-order chi connectivity index (χ0) is 22.5. The lowest BCUT2D eigenvalue weighted by Crippen LogP contribution is -2.38. The lowest BCUT2D eigenvalue weighted by molar-refractivity contribution is 0.0976. The zero-order valence-corrected chi connectivity index (χ0v) is 19.3. The zero-order valence-electron chi connectivity index (χ0n) is 18.5. The van der Waals surface area contributed by atoms with E-state index in [2.05, 4.69) is 24.5 Å². The Morgan fingerprint density at radius 1 is 0.935 bits per heavy atom. The highest BCUT2D eigenvalue weighted by molar-refractivity contribution is 7.80. The highest BCUT2D eigenvalue weighted by atomic mass is 32.1. The van der Waals surface area contributed by atoms with E-state index in [0.29, 0.717) is 31.1 Å². The number of nitrogens with one attached hydrogen (secondary N) is 2. The van der Waals surface area contributed by atoms with Crippen LogP contribution in [0, 0.1) is 0 Å². The first-order chi connectivity index (χ1) is 15.1. The van der Waals surface area contributed by atoms with Crippen molar-refractivity contribution in [1.29, 1.82) is 0 Å². The molecule has 0 atom stereocenters. The van der Waals surface area contributed by atoms with Gasteiger partial charge in [-0.05, 0) is 67.0 Å². The van der Waals surface area contributed by atoms with E-state index in [9.17, 15) is 4.79 Å². The van der Waals surface area contributed by atoms with Gasteiger partial charge in [0.2, 0.25) is 0 Å². The molecular weight excluding hydrogens is 412 g/mol. The maximum atomic E-state index is 12.4. The molecule has 0 bridgehead atoms. The van der Waals surface area contributed by atoms with Gasteiger partial charge < -0.3 is 19.5 Å². The van der Waals surface area contributed by atoms with Crippen LogP contribution in [0.1, 0.15) is 55.5 Å². The number of carbonyl (C=O) groups excluding carboxylic acids is 1. The van der Waals surface area contributed by atoms with E-state index in [0.717, 1.165) is 42.7 Å². The Morgan fingerprint density at radius 3 is 2.26 bits per heavy atom. The Balaban J connectivity index is 1.83. The minimum atomic E-state index is -0.269. The second kappa shape index (κ2) is 13.5. The minimum absolute atomic E-state index is 0.260. The molecule has 0 fully saturated rings. The second-order valence-corrected chi connectivity index (χ2v) is 7.46. The Kier molecular flexibility index (Phi) is 10.6. The molecule has 7 heteroatoms. The highest BCUT2D eigenvalue weighted by Gasteiger charge is 2.09. The summed E-state index contributed by atoms with van der Waals surface area (Å²) in [5, 5.41) is 6.00. The van der Waals surface area contributed by atoms with Crippen molar-refractivity contribution < 1.29 is 19.0 Å². The Bertz CT molecular complexity index is 840. The number of carbonyl (C=O) groups is 1. The van der Waals surface area contributed by atoms with Gasteiger partial charge in [0.15, 0.2) is 16.6 Å². The van der Waals surface area contributed by atoms with Crippen LogP contribution < -0.4 is 24.8 Å². The molecule has 2 aromatic carbocycles. The normalized spacial score (nSPS) is 10.3. The Hall–Kier alpha value is -2.80. The van der Waals surface area contributed by atoms with E-state index in [-0.39, 0.29) is 11.0 Å². The van der Waals surface area contributed by atoms with Crippen molar-refractivity contribution in [2.24, 2.45) is 0 Å². The SMILES string of the molecule is CCCCOc1ccc(C(=O)NC(=S)NCc2ccc(OCCCC)c(OC)c2)cc1. The van der Waals surface area contributed by atoms with Crippen LogP contribution in [-0.2, 0) is 6.54 Å². The minimum Gasteiger partial charge on any atom is -0.494 e. The molecule has 2 N–H and O–H groups in total. The van der Waals surface area contributed by atoms with Crippen LogP contribution in [-0.4, -0.2) is 31.3 Å². The molecular formula is C24H32N2O4S. The average molecular weight is 445 g/mol. The second-order valence-electron chi connectivity index (χ2n) is 7.05. The molecule has 31 heavy (non-hydrogen) atoms. The molecule has 0 unspecified atom stereocenters. The van der Waals surface area contributed by atoms with E-state index >= 15 is 0 Å². The number of methoxy groups -OCH3 is 1. The van der Waals surface area contributed by atoms with Gasteiger partial charge in [-0.2, -0.15) is 0 Å². The summed E-state index contributed by atoms with van der Waals surface area (Å²) in [7, 11) is 1.62. The number of ether oxygens (including phenoxy) is 3. The largest absolute Gasteiger partial charge is 0.494 e. The van der Waals surface area contributed by atoms with Crippen LogP contribution in [0.5, 0.6) is 17.2 Å². The number of hydrogen-bond donors (Lipinski definition) is 2. The van der Waals surface area contributed by atoms with Gasteiger partial charge in [-0.3, -0.25) is 10.1 Å². The number of thiocarbonyl (C=S) groups is 1. The maximum absolute atomic E-state index is 12.4. The first kappa shape index (κ1) is 24.5. The summed E-state index contributed by atoms with van der Waals surface area (Å²) in [6, 6.07) is 12.8. The first-order valence-corrected chi connectivity index (χ1v) is 11.1. The molecule has 0 radical (unpaired) electrons. The smallest absolute Gasteiger partial charge is 0.257 e. The summed E-state index contributed by atoms with van der Waals surface area (Å²) >= 11 is 5.26. The fourth-order valence-corrected chi connectivity index (χ4v) is 2.87. The number of unbranched alkanes of at least 4 members (excludes halogenated alkanes) is 2. The predicted octanol–water partition coefficient (Wildman–Crippen LogP) is 4.86. The van der Waals surface area contributed by atoms with Crippen molar-refractivity contribution in [2.75, 3.05) is 20.3 Å². The van der Waals surface area contributed by atoms with Crippen molar-refractivity contribution in [1.82, 2.24) is 10.6 Å². The van der Waals surface area contributed by atoms with Crippen LogP contribution in [0.25, 0.3) is 0 Å². The third-order valence-corrected chi connectivity index (χ3v) is 4.79. The molecule has 2 aromatic rings. The fourth-order valence-electron chi connectivity index (χ4n) is 2.71. The van der Waals surface area contributed by atoms with Gasteiger partial charge in [0, 0.05) is 12.1 Å². The molecule has 0 saturated carbocycles. The molecule has 0 heterocycles. The lowest BCUT2D eigenvalue weighted by atomic mass is 10.2. The molecule has 0 aromatic heterocycles. The number of amides is 1. The van der Waals surface area contributed by atoms with Crippen molar-refractivity contribution in [2.45, 2.75) is 46.1 Å². The van der Waals surface area contributed by atoms with Crippen LogP contribution >= 0.6 is 12.2 Å². The number of hydrogen-bond acceptors (Lipinski definition) is 5. The topological polar surface area (TPSA) is 68.8 Å². The van der Waals surface area contributed by atoms with Crippen molar-refractivity contribution in [3.63, 3.8) is 0 Å². The van der Waals surface area contributed by atoms with Crippen LogP contribution in [0.3, 0.4) is 0 Å². The van der Waals surface area contributed by atoms with Crippen LogP contribution in [0.2, 0.25) is 0 Å². The summed E-state index contributed by atoms with van der Waals surface area (Å²) in [6.07, 6.45) is 4.15. The summed E-state index contributed by atoms with van der Waals surface area (Å²) in [4.78, 5) is 12.4. The summed E-state index contributed by atoms with van der Waals surface area (Å²) in [5.74, 6) is 1.88.